The van der Waals surface area contributed by atoms with Gasteiger partial charge in [0.2, 0.25) is 11.8 Å². The molecule has 1 aromatic carbocycles. The Bertz CT molecular complexity index is 834. The maximum absolute atomic E-state index is 13.4. The highest BCUT2D eigenvalue weighted by Crippen LogP contribution is 2.49. The Labute approximate surface area is 190 Å². The van der Waals surface area contributed by atoms with Crippen molar-refractivity contribution in [3.8, 4) is 0 Å². The molecule has 2 heterocycles. The molecule has 0 aliphatic carbocycles. The average Bonchev–Trinajstić information content (AvgIpc) is 3.28. The molecule has 184 valence electrons. The second-order valence-electron chi connectivity index (χ2n) is 8.42. The van der Waals surface area contributed by atoms with Crippen molar-refractivity contribution >= 4 is 17.8 Å². The zero-order valence-electron chi connectivity index (χ0n) is 19.0. The minimum atomic E-state index is -5.08. The summed E-state index contributed by atoms with van der Waals surface area (Å²) in [6.45, 7) is 3.91. The molecular weight excluding hydrogens is 443 g/mol. The van der Waals surface area contributed by atoms with E-state index in [1.165, 1.54) is 5.56 Å². The van der Waals surface area contributed by atoms with Gasteiger partial charge in [-0.05, 0) is 12.0 Å². The molecule has 2 amide bonds. The van der Waals surface area contributed by atoms with Crippen LogP contribution in [0.15, 0.2) is 30.3 Å². The second-order valence-corrected chi connectivity index (χ2v) is 8.42. The summed E-state index contributed by atoms with van der Waals surface area (Å²) >= 11 is 0. The van der Waals surface area contributed by atoms with Gasteiger partial charge in [-0.1, -0.05) is 30.3 Å². The highest BCUT2D eigenvalue weighted by molar-refractivity contribution is 5.90. The molecule has 2 aliphatic heterocycles. The van der Waals surface area contributed by atoms with Crippen molar-refractivity contribution in [2.45, 2.75) is 18.5 Å². The largest absolute Gasteiger partial charge is 0.490 e. The lowest BCUT2D eigenvalue weighted by Crippen LogP contribution is -2.43. The number of amides is 2. The fourth-order valence-corrected chi connectivity index (χ4v) is 4.29. The molecule has 2 atom stereocenters. The van der Waals surface area contributed by atoms with Crippen molar-refractivity contribution in [3.05, 3.63) is 35.9 Å². The van der Waals surface area contributed by atoms with Gasteiger partial charge in [-0.25, -0.2) is 4.79 Å². The smallest absolute Gasteiger partial charge is 0.475 e. The number of methoxy groups -OCH3 is 1. The average molecular weight is 473 g/mol. The molecule has 1 aromatic rings. The van der Waals surface area contributed by atoms with Crippen LogP contribution in [0.5, 0.6) is 0 Å². The van der Waals surface area contributed by atoms with E-state index in [1.807, 2.05) is 18.2 Å². The number of halogens is 3. The monoisotopic (exact) mass is 473 g/mol. The molecule has 8 nitrogen and oxygen atoms in total. The zero-order chi connectivity index (χ0) is 24.8. The zero-order valence-corrected chi connectivity index (χ0v) is 19.0. The first-order chi connectivity index (χ1) is 15.4. The van der Waals surface area contributed by atoms with E-state index in [1.54, 1.807) is 31.0 Å². The van der Waals surface area contributed by atoms with Gasteiger partial charge in [0.05, 0.1) is 18.6 Å². The third kappa shape index (κ3) is 6.44. The van der Waals surface area contributed by atoms with Crippen molar-refractivity contribution in [1.82, 2.24) is 14.7 Å². The third-order valence-electron chi connectivity index (χ3n) is 6.04. The molecular formula is C22H30F3N3O5. The number of rotatable bonds is 6. The highest BCUT2D eigenvalue weighted by atomic mass is 19.4. The molecule has 33 heavy (non-hydrogen) atoms. The summed E-state index contributed by atoms with van der Waals surface area (Å²) in [5.74, 6) is -2.50. The molecule has 11 heteroatoms. The van der Waals surface area contributed by atoms with E-state index in [2.05, 4.69) is 17.0 Å². The lowest BCUT2D eigenvalue weighted by atomic mass is 9.73. The number of nitrogens with zero attached hydrogens (tertiary/aromatic N) is 3. The highest BCUT2D eigenvalue weighted by Gasteiger charge is 2.57. The maximum atomic E-state index is 13.4. The van der Waals surface area contributed by atoms with Crippen molar-refractivity contribution in [3.63, 3.8) is 0 Å². The van der Waals surface area contributed by atoms with Gasteiger partial charge < -0.3 is 19.6 Å². The number of carboxylic acids is 1. The lowest BCUT2D eigenvalue weighted by molar-refractivity contribution is -0.192. The molecule has 3 rings (SSSR count). The number of carbonyl (C=O) groups is 3. The molecule has 0 aromatic heterocycles. The summed E-state index contributed by atoms with van der Waals surface area (Å²) in [5.41, 5.74) is 0.781. The minimum Gasteiger partial charge on any atom is -0.475 e. The first-order valence-corrected chi connectivity index (χ1v) is 10.5. The molecule has 2 fully saturated rings. The number of likely N-dealkylation sites (N-methyl/N-ethyl adjacent to an activating group) is 1. The van der Waals surface area contributed by atoms with Gasteiger partial charge in [-0.3, -0.25) is 14.5 Å². The number of likely N-dealkylation sites (tertiary alicyclic amines) is 2. The predicted molar refractivity (Wildman–Crippen MR) is 114 cm³/mol. The molecule has 2 saturated heterocycles. The Morgan fingerprint density at radius 2 is 1.85 bits per heavy atom. The number of carboxylic acid groups (broad SMARTS) is 1. The van der Waals surface area contributed by atoms with Crippen molar-refractivity contribution in [1.29, 1.82) is 0 Å². The Morgan fingerprint density at radius 1 is 1.24 bits per heavy atom. The number of alkyl halides is 3. The van der Waals surface area contributed by atoms with Crippen LogP contribution < -0.4 is 0 Å². The Balaban J connectivity index is 0.000000479. The van der Waals surface area contributed by atoms with Gasteiger partial charge in [-0.15, -0.1) is 0 Å². The van der Waals surface area contributed by atoms with E-state index in [4.69, 9.17) is 14.6 Å². The predicted octanol–water partition coefficient (Wildman–Crippen LogP) is 1.67. The van der Waals surface area contributed by atoms with Crippen molar-refractivity contribution < 1.29 is 37.4 Å². The summed E-state index contributed by atoms with van der Waals surface area (Å²) < 4.78 is 37.0. The van der Waals surface area contributed by atoms with Crippen molar-refractivity contribution in [2.75, 3.05) is 60.5 Å². The fourth-order valence-electron chi connectivity index (χ4n) is 4.29. The van der Waals surface area contributed by atoms with E-state index in [9.17, 15) is 22.8 Å². The molecule has 0 radical (unpaired) electrons. The molecule has 1 spiro atoms. The van der Waals surface area contributed by atoms with Crippen LogP contribution in [0.2, 0.25) is 0 Å². The summed E-state index contributed by atoms with van der Waals surface area (Å²) in [5, 5.41) is 7.12. The molecule has 1 N–H and O–H groups in total. The minimum absolute atomic E-state index is 0.0269. The van der Waals surface area contributed by atoms with Crippen LogP contribution >= 0.6 is 0 Å². The Morgan fingerprint density at radius 3 is 2.36 bits per heavy atom. The molecule has 0 saturated carbocycles. The number of carbonyl (C=O) groups excluding carboxylic acids is 2. The van der Waals surface area contributed by atoms with E-state index in [0.29, 0.717) is 13.2 Å². The van der Waals surface area contributed by atoms with Gasteiger partial charge in [0.1, 0.15) is 0 Å². The number of ether oxygens (including phenoxy) is 1. The van der Waals surface area contributed by atoms with E-state index >= 15 is 0 Å². The topological polar surface area (TPSA) is 90.4 Å². The van der Waals surface area contributed by atoms with Crippen LogP contribution in [-0.2, 0) is 19.1 Å². The number of hydrogen-bond donors (Lipinski definition) is 1. The molecule has 0 unspecified atom stereocenters. The van der Waals surface area contributed by atoms with Crippen LogP contribution in [0.1, 0.15) is 17.9 Å². The fraction of sp³-hybridized carbons (Fsp3) is 0.591. The third-order valence-corrected chi connectivity index (χ3v) is 6.04. The Kier molecular flexibility index (Phi) is 8.84. The quantitative estimate of drug-likeness (QED) is 0.676. The normalized spacial score (nSPS) is 22.9. The first-order valence-electron chi connectivity index (χ1n) is 10.5. The standard InChI is InChI=1S/C20H29N3O3.C2HF3O2/c1-21(2)18(24)14-23-10-9-20(19(23)25)15-22(11-12-26-3)13-17(20)16-7-5-4-6-8-16;3-2(4,5)1(6)7/h4-8,17H,9-15H2,1-3H3;(H,6,7)/t17-,20+;/m0./s1. The summed E-state index contributed by atoms with van der Waals surface area (Å²) in [4.78, 5) is 40.0. The van der Waals surface area contributed by atoms with Gasteiger partial charge in [0.25, 0.3) is 0 Å². The number of aliphatic carboxylic acids is 1. The summed E-state index contributed by atoms with van der Waals surface area (Å²) in [6, 6.07) is 10.3. The van der Waals surface area contributed by atoms with E-state index in [-0.39, 0.29) is 24.3 Å². The molecule has 2 aliphatic rings. The first kappa shape index (κ1) is 26.6. The SMILES string of the molecule is COCCN1C[C@@H](c2ccccc2)[C@@]2(CCN(CC(=O)N(C)C)C2=O)C1.O=C(O)C(F)(F)F. The van der Waals surface area contributed by atoms with E-state index in [0.717, 1.165) is 26.1 Å². The van der Waals surface area contributed by atoms with Gasteiger partial charge in [-0.2, -0.15) is 13.2 Å². The maximum Gasteiger partial charge on any atom is 0.490 e. The van der Waals surface area contributed by atoms with Crippen LogP contribution in [0.25, 0.3) is 0 Å². The van der Waals surface area contributed by atoms with Gasteiger partial charge in [0, 0.05) is 53.3 Å². The number of hydrogen-bond acceptors (Lipinski definition) is 5. The Hall–Kier alpha value is -2.66. The van der Waals surface area contributed by atoms with Gasteiger partial charge >= 0.3 is 12.1 Å². The van der Waals surface area contributed by atoms with Gasteiger partial charge in [0.15, 0.2) is 0 Å². The summed E-state index contributed by atoms with van der Waals surface area (Å²) in [7, 11) is 5.16. The second kappa shape index (κ2) is 11.0. The number of benzene rings is 1. The van der Waals surface area contributed by atoms with E-state index < -0.39 is 17.6 Å². The van der Waals surface area contributed by atoms with Crippen LogP contribution in [-0.4, -0.2) is 104 Å². The molecule has 0 bridgehead atoms. The lowest BCUT2D eigenvalue weighted by Gasteiger charge is -2.29. The van der Waals surface area contributed by atoms with Crippen LogP contribution in [0.4, 0.5) is 13.2 Å². The summed E-state index contributed by atoms with van der Waals surface area (Å²) in [6.07, 6.45) is -4.28. The van der Waals surface area contributed by atoms with Crippen molar-refractivity contribution in [2.24, 2.45) is 5.41 Å². The van der Waals surface area contributed by atoms with Crippen LogP contribution in [0, 0.1) is 5.41 Å². The van der Waals surface area contributed by atoms with Crippen LogP contribution in [0.3, 0.4) is 0 Å².